The standard InChI is InChI=1S/C9H12BrN4/c1-2-14(13-9(11)12)8-5-3-7(10)4-6-8/h2-6H,1H3,(H4,11,12,13)/q+1. The summed E-state index contributed by atoms with van der Waals surface area (Å²) in [5, 5.41) is 3.93. The Morgan fingerprint density at radius 1 is 1.36 bits per heavy atom. The van der Waals surface area contributed by atoms with Gasteiger partial charge in [-0.15, -0.1) is 0 Å². The van der Waals surface area contributed by atoms with E-state index in [2.05, 4.69) is 21.0 Å². The normalized spacial score (nSPS) is 11.1. The third-order valence-corrected chi connectivity index (χ3v) is 2.09. The van der Waals surface area contributed by atoms with Crippen LogP contribution in [0, 0.1) is 0 Å². The van der Waals surface area contributed by atoms with Crippen LogP contribution in [0.4, 0.5) is 5.69 Å². The van der Waals surface area contributed by atoms with Crippen LogP contribution >= 0.6 is 15.9 Å². The van der Waals surface area contributed by atoms with Crippen LogP contribution in [0.25, 0.3) is 0 Å². The minimum Gasteiger partial charge on any atom is -0.365 e. The highest BCUT2D eigenvalue weighted by Gasteiger charge is 2.06. The minimum absolute atomic E-state index is 0.0334. The zero-order valence-electron chi connectivity index (χ0n) is 7.81. The highest BCUT2D eigenvalue weighted by atomic mass is 79.9. The van der Waals surface area contributed by atoms with Crippen molar-refractivity contribution >= 4 is 33.8 Å². The summed E-state index contributed by atoms with van der Waals surface area (Å²) in [4.78, 5) is 0. The van der Waals surface area contributed by atoms with Gasteiger partial charge < -0.3 is 11.5 Å². The van der Waals surface area contributed by atoms with Crippen LogP contribution in [0.5, 0.6) is 0 Å². The summed E-state index contributed by atoms with van der Waals surface area (Å²) in [5.41, 5.74) is 11.5. The van der Waals surface area contributed by atoms with Gasteiger partial charge in [-0.05, 0) is 12.1 Å². The Kier molecular flexibility index (Phi) is 3.64. The van der Waals surface area contributed by atoms with E-state index in [-0.39, 0.29) is 5.96 Å². The van der Waals surface area contributed by atoms with E-state index < -0.39 is 0 Å². The molecule has 0 heterocycles. The van der Waals surface area contributed by atoms with E-state index in [1.807, 2.05) is 31.2 Å². The molecule has 0 amide bonds. The third kappa shape index (κ3) is 2.85. The fourth-order valence-corrected chi connectivity index (χ4v) is 1.25. The Balaban J connectivity index is 3.03. The van der Waals surface area contributed by atoms with Gasteiger partial charge in [0.25, 0.3) is 5.96 Å². The van der Waals surface area contributed by atoms with Gasteiger partial charge in [0.05, 0.1) is 0 Å². The smallest absolute Gasteiger partial charge is 0.257 e. The van der Waals surface area contributed by atoms with Crippen molar-refractivity contribution in [2.75, 3.05) is 0 Å². The molecule has 1 aromatic carbocycles. The second kappa shape index (κ2) is 4.76. The maximum atomic E-state index is 5.29. The Hall–Kier alpha value is -1.36. The van der Waals surface area contributed by atoms with Crippen LogP contribution in [-0.2, 0) is 0 Å². The van der Waals surface area contributed by atoms with Gasteiger partial charge in [0, 0.05) is 28.6 Å². The van der Waals surface area contributed by atoms with E-state index in [0.29, 0.717) is 0 Å². The molecule has 0 atom stereocenters. The molecule has 1 rings (SSSR count). The number of rotatable bonds is 2. The summed E-state index contributed by atoms with van der Waals surface area (Å²) in [6.07, 6.45) is 1.78. The summed E-state index contributed by atoms with van der Waals surface area (Å²) in [6, 6.07) is 7.68. The van der Waals surface area contributed by atoms with E-state index in [1.165, 1.54) is 0 Å². The first-order valence-corrected chi connectivity index (χ1v) is 4.86. The topological polar surface area (TPSA) is 67.4 Å². The molecular formula is C9H12BrN4+. The van der Waals surface area contributed by atoms with Gasteiger partial charge in [-0.3, -0.25) is 0 Å². The van der Waals surface area contributed by atoms with Crippen molar-refractivity contribution in [1.82, 2.24) is 0 Å². The zero-order chi connectivity index (χ0) is 10.6. The van der Waals surface area contributed by atoms with Gasteiger partial charge in [-0.1, -0.05) is 20.6 Å². The summed E-state index contributed by atoms with van der Waals surface area (Å²) in [5.74, 6) is 0.0334. The molecule has 0 spiro atoms. The van der Waals surface area contributed by atoms with Crippen LogP contribution in [0.15, 0.2) is 33.8 Å². The molecule has 4 N–H and O–H groups in total. The number of guanidine groups is 1. The fourth-order valence-electron chi connectivity index (χ4n) is 0.983. The molecule has 0 aliphatic heterocycles. The van der Waals surface area contributed by atoms with E-state index >= 15 is 0 Å². The van der Waals surface area contributed by atoms with E-state index in [4.69, 9.17) is 11.5 Å². The molecular weight excluding hydrogens is 244 g/mol. The van der Waals surface area contributed by atoms with Crippen molar-refractivity contribution in [2.24, 2.45) is 16.6 Å². The van der Waals surface area contributed by atoms with Gasteiger partial charge in [-0.25, -0.2) is 0 Å². The Bertz CT molecular complexity index is 363. The molecule has 14 heavy (non-hydrogen) atoms. The number of halogens is 1. The number of nitrogens with zero attached hydrogens (tertiary/aromatic N) is 2. The Morgan fingerprint density at radius 2 is 1.93 bits per heavy atom. The summed E-state index contributed by atoms with van der Waals surface area (Å²) in [6.45, 7) is 1.86. The minimum atomic E-state index is 0.0334. The maximum Gasteiger partial charge on any atom is 0.257 e. The quantitative estimate of drug-likeness (QED) is 0.363. The lowest BCUT2D eigenvalue weighted by Gasteiger charge is -1.94. The number of hydrogen-bond donors (Lipinski definition) is 2. The first-order valence-electron chi connectivity index (χ1n) is 4.07. The molecule has 0 bridgehead atoms. The van der Waals surface area contributed by atoms with Crippen molar-refractivity contribution < 1.29 is 4.68 Å². The lowest BCUT2D eigenvalue weighted by Crippen LogP contribution is -2.24. The lowest BCUT2D eigenvalue weighted by molar-refractivity contribution is -0.441. The maximum absolute atomic E-state index is 5.29. The molecule has 4 nitrogen and oxygen atoms in total. The first-order chi connectivity index (χ1) is 6.63. The second-order valence-electron chi connectivity index (χ2n) is 2.60. The van der Waals surface area contributed by atoms with Gasteiger partial charge in [0.1, 0.15) is 0 Å². The summed E-state index contributed by atoms with van der Waals surface area (Å²) in [7, 11) is 0. The van der Waals surface area contributed by atoms with Crippen LogP contribution in [0.2, 0.25) is 0 Å². The monoisotopic (exact) mass is 255 g/mol. The first kappa shape index (κ1) is 10.7. The molecule has 1 aromatic rings. The summed E-state index contributed by atoms with van der Waals surface area (Å²) < 4.78 is 2.63. The van der Waals surface area contributed by atoms with Crippen molar-refractivity contribution in [3.63, 3.8) is 0 Å². The van der Waals surface area contributed by atoms with Gasteiger partial charge in [0.15, 0.2) is 6.21 Å². The average Bonchev–Trinajstić information content (AvgIpc) is 2.15. The largest absolute Gasteiger partial charge is 0.365 e. The highest BCUT2D eigenvalue weighted by Crippen LogP contribution is 2.16. The molecule has 0 saturated carbocycles. The van der Waals surface area contributed by atoms with Crippen molar-refractivity contribution in [3.05, 3.63) is 28.7 Å². The van der Waals surface area contributed by atoms with E-state index in [1.54, 1.807) is 10.9 Å². The molecule has 0 aliphatic rings. The predicted octanol–water partition coefficient (Wildman–Crippen LogP) is 1.37. The Morgan fingerprint density at radius 3 is 2.36 bits per heavy atom. The zero-order valence-corrected chi connectivity index (χ0v) is 9.40. The average molecular weight is 256 g/mol. The second-order valence-corrected chi connectivity index (χ2v) is 3.52. The number of benzene rings is 1. The molecule has 0 radical (unpaired) electrons. The van der Waals surface area contributed by atoms with Crippen LogP contribution < -0.4 is 11.5 Å². The van der Waals surface area contributed by atoms with Crippen LogP contribution in [-0.4, -0.2) is 16.9 Å². The number of nitrogens with two attached hydrogens (primary N) is 2. The van der Waals surface area contributed by atoms with Crippen molar-refractivity contribution in [1.29, 1.82) is 0 Å². The van der Waals surface area contributed by atoms with Gasteiger partial charge in [-0.2, -0.15) is 0 Å². The van der Waals surface area contributed by atoms with E-state index in [9.17, 15) is 0 Å². The molecule has 74 valence electrons. The SMILES string of the molecule is CC=[N+](N=C(N)N)c1ccc(Br)cc1. The summed E-state index contributed by atoms with van der Waals surface area (Å²) >= 11 is 3.35. The van der Waals surface area contributed by atoms with Crippen molar-refractivity contribution in [2.45, 2.75) is 6.92 Å². The van der Waals surface area contributed by atoms with E-state index in [0.717, 1.165) is 10.2 Å². The van der Waals surface area contributed by atoms with Gasteiger partial charge >= 0.3 is 0 Å². The molecule has 0 saturated heterocycles. The lowest BCUT2D eigenvalue weighted by atomic mass is 10.3. The number of hydrogen-bond acceptors (Lipinski definition) is 1. The molecule has 0 unspecified atom stereocenters. The molecule has 5 heteroatoms. The van der Waals surface area contributed by atoms with Crippen LogP contribution in [0.3, 0.4) is 0 Å². The third-order valence-electron chi connectivity index (χ3n) is 1.56. The van der Waals surface area contributed by atoms with Gasteiger partial charge in [0.2, 0.25) is 5.69 Å². The number of hydrazone groups is 1. The predicted molar refractivity (Wildman–Crippen MR) is 61.6 cm³/mol. The molecule has 0 aromatic heterocycles. The molecule has 0 fully saturated rings. The van der Waals surface area contributed by atoms with Crippen LogP contribution in [0.1, 0.15) is 6.92 Å². The highest BCUT2D eigenvalue weighted by molar-refractivity contribution is 9.10. The van der Waals surface area contributed by atoms with Crippen molar-refractivity contribution in [3.8, 4) is 0 Å². The molecule has 0 aliphatic carbocycles. The Labute approximate surface area is 91.0 Å². The fraction of sp³-hybridized carbons (Fsp3) is 0.111.